The molecule has 0 aliphatic heterocycles. The number of likely N-dealkylation sites (N-methyl/N-ethyl adjacent to an activating group) is 2. The zero-order chi connectivity index (χ0) is 11.4. The molecule has 0 unspecified atom stereocenters. The van der Waals surface area contributed by atoms with Crippen LogP contribution in [0.5, 0.6) is 0 Å². The van der Waals surface area contributed by atoms with Gasteiger partial charge in [0.25, 0.3) is 0 Å². The Morgan fingerprint density at radius 3 is 2.56 bits per heavy atom. The summed E-state index contributed by atoms with van der Waals surface area (Å²) >= 11 is 3.57. The molecule has 0 radical (unpaired) electrons. The molecule has 0 atom stereocenters. The van der Waals surface area contributed by atoms with Gasteiger partial charge in [0, 0.05) is 26.7 Å². The Labute approximate surface area is 112 Å². The first kappa shape index (κ1) is 15.9. The average Bonchev–Trinajstić information content (AvgIpc) is 2.42. The van der Waals surface area contributed by atoms with E-state index in [2.05, 4.69) is 38.3 Å². The van der Waals surface area contributed by atoms with Crippen molar-refractivity contribution < 1.29 is 0 Å². The van der Waals surface area contributed by atoms with Crippen molar-refractivity contribution in [3.05, 3.63) is 15.9 Å². The van der Waals surface area contributed by atoms with Gasteiger partial charge in [-0.2, -0.15) is 5.10 Å². The highest BCUT2D eigenvalue weighted by Crippen LogP contribution is 2.20. The first-order chi connectivity index (χ1) is 7.06. The predicted molar refractivity (Wildman–Crippen MR) is 73.2 cm³/mol. The second-order valence-electron chi connectivity index (χ2n) is 3.81. The van der Waals surface area contributed by atoms with Crippen LogP contribution >= 0.6 is 28.3 Å². The number of aromatic nitrogens is 2. The van der Waals surface area contributed by atoms with Gasteiger partial charge in [0.2, 0.25) is 0 Å². The van der Waals surface area contributed by atoms with E-state index in [1.165, 1.54) is 5.69 Å². The molecule has 0 saturated heterocycles. The lowest BCUT2D eigenvalue weighted by Gasteiger charge is -2.16. The van der Waals surface area contributed by atoms with Crippen molar-refractivity contribution in [3.8, 4) is 0 Å². The summed E-state index contributed by atoms with van der Waals surface area (Å²) in [5, 5.41) is 7.51. The molecule has 1 N–H and O–H groups in total. The third kappa shape index (κ3) is 4.05. The molecule has 0 aliphatic carbocycles. The molecule has 0 fully saturated rings. The number of hydrogen-bond acceptors (Lipinski definition) is 3. The molecule has 0 amide bonds. The molecule has 1 aromatic heterocycles. The van der Waals surface area contributed by atoms with Gasteiger partial charge in [0.1, 0.15) is 0 Å². The maximum absolute atomic E-state index is 4.37. The summed E-state index contributed by atoms with van der Waals surface area (Å²) in [6, 6.07) is 0. The van der Waals surface area contributed by atoms with Crippen LogP contribution in [-0.2, 0) is 13.6 Å². The minimum absolute atomic E-state index is 0. The fraction of sp³-hybridized carbons (Fsp3) is 0.700. The van der Waals surface area contributed by atoms with E-state index in [0.29, 0.717) is 0 Å². The molecular formula is C10H20BrClN4. The Balaban J connectivity index is 0.00000225. The number of nitrogens with zero attached hydrogens (tertiary/aromatic N) is 3. The van der Waals surface area contributed by atoms with E-state index in [9.17, 15) is 0 Å². The summed E-state index contributed by atoms with van der Waals surface area (Å²) in [6.45, 7) is 4.97. The largest absolute Gasteiger partial charge is 0.318 e. The van der Waals surface area contributed by atoms with Crippen molar-refractivity contribution in [2.24, 2.45) is 7.05 Å². The van der Waals surface area contributed by atoms with Gasteiger partial charge >= 0.3 is 0 Å². The van der Waals surface area contributed by atoms with E-state index < -0.39 is 0 Å². The van der Waals surface area contributed by atoms with Gasteiger partial charge in [0.15, 0.2) is 0 Å². The maximum Gasteiger partial charge on any atom is 0.0739 e. The Morgan fingerprint density at radius 2 is 2.12 bits per heavy atom. The summed E-state index contributed by atoms with van der Waals surface area (Å²) in [5.41, 5.74) is 2.28. The minimum Gasteiger partial charge on any atom is -0.318 e. The number of aryl methyl sites for hydroxylation is 2. The van der Waals surface area contributed by atoms with Crippen LogP contribution in [0.25, 0.3) is 0 Å². The standard InChI is InChI=1S/C10H19BrN4.ClH/c1-8-10(11)9(15(4)13-8)7-14(3)6-5-12-2;/h12H,5-7H2,1-4H3;1H. The molecule has 0 aromatic carbocycles. The van der Waals surface area contributed by atoms with Crippen LogP contribution in [0.15, 0.2) is 4.47 Å². The van der Waals surface area contributed by atoms with Crippen LogP contribution in [0, 0.1) is 6.92 Å². The predicted octanol–water partition coefficient (Wildman–Crippen LogP) is 1.56. The molecule has 6 heteroatoms. The minimum atomic E-state index is 0. The first-order valence-corrected chi connectivity index (χ1v) is 5.86. The normalized spacial score (nSPS) is 10.6. The molecule has 0 aliphatic rings. The van der Waals surface area contributed by atoms with Gasteiger partial charge in [-0.25, -0.2) is 0 Å². The highest BCUT2D eigenvalue weighted by molar-refractivity contribution is 9.10. The van der Waals surface area contributed by atoms with Crippen LogP contribution < -0.4 is 5.32 Å². The number of nitrogens with one attached hydrogen (secondary N) is 1. The molecule has 4 nitrogen and oxygen atoms in total. The molecule has 0 spiro atoms. The Hall–Kier alpha value is -0.100. The van der Waals surface area contributed by atoms with Crippen molar-refractivity contribution in [2.45, 2.75) is 13.5 Å². The van der Waals surface area contributed by atoms with E-state index in [1.54, 1.807) is 0 Å². The smallest absolute Gasteiger partial charge is 0.0739 e. The van der Waals surface area contributed by atoms with Gasteiger partial charge in [-0.15, -0.1) is 12.4 Å². The summed E-state index contributed by atoms with van der Waals surface area (Å²) < 4.78 is 3.07. The topological polar surface area (TPSA) is 33.1 Å². The van der Waals surface area contributed by atoms with E-state index in [0.717, 1.165) is 29.8 Å². The number of halogens is 2. The van der Waals surface area contributed by atoms with Gasteiger partial charge < -0.3 is 5.32 Å². The lowest BCUT2D eigenvalue weighted by Crippen LogP contribution is -2.27. The Kier molecular flexibility index (Phi) is 7.22. The van der Waals surface area contributed by atoms with Crippen molar-refractivity contribution in [1.29, 1.82) is 0 Å². The fourth-order valence-corrected chi connectivity index (χ4v) is 1.95. The molecular weight excluding hydrogens is 291 g/mol. The zero-order valence-corrected chi connectivity index (χ0v) is 12.7. The zero-order valence-electron chi connectivity index (χ0n) is 10.2. The second kappa shape index (κ2) is 7.27. The van der Waals surface area contributed by atoms with Crippen LogP contribution in [0.1, 0.15) is 11.4 Å². The number of rotatable bonds is 5. The van der Waals surface area contributed by atoms with Gasteiger partial charge in [0.05, 0.1) is 15.9 Å². The highest BCUT2D eigenvalue weighted by atomic mass is 79.9. The van der Waals surface area contributed by atoms with E-state index in [-0.39, 0.29) is 12.4 Å². The molecule has 94 valence electrons. The van der Waals surface area contributed by atoms with Crippen LogP contribution in [-0.4, -0.2) is 41.9 Å². The molecule has 0 saturated carbocycles. The third-order valence-corrected chi connectivity index (χ3v) is 3.46. The Bertz CT molecular complexity index is 327. The van der Waals surface area contributed by atoms with E-state index >= 15 is 0 Å². The molecule has 1 rings (SSSR count). The van der Waals surface area contributed by atoms with Crippen LogP contribution in [0.2, 0.25) is 0 Å². The van der Waals surface area contributed by atoms with Crippen LogP contribution in [0.3, 0.4) is 0 Å². The summed E-state index contributed by atoms with van der Waals surface area (Å²) in [5.74, 6) is 0. The number of hydrogen-bond donors (Lipinski definition) is 1. The summed E-state index contributed by atoms with van der Waals surface area (Å²) in [6.07, 6.45) is 0. The maximum atomic E-state index is 4.37. The summed E-state index contributed by atoms with van der Waals surface area (Å²) in [7, 11) is 6.07. The Morgan fingerprint density at radius 1 is 1.50 bits per heavy atom. The monoisotopic (exact) mass is 310 g/mol. The first-order valence-electron chi connectivity index (χ1n) is 5.07. The SMILES string of the molecule is CNCCN(C)Cc1c(Br)c(C)nn1C.Cl. The fourth-order valence-electron chi connectivity index (χ4n) is 1.49. The average molecular weight is 312 g/mol. The van der Waals surface area contributed by atoms with Crippen LogP contribution in [0.4, 0.5) is 0 Å². The second-order valence-corrected chi connectivity index (χ2v) is 4.60. The van der Waals surface area contributed by atoms with Gasteiger partial charge in [-0.1, -0.05) is 0 Å². The van der Waals surface area contributed by atoms with Gasteiger partial charge in [-0.05, 0) is 36.9 Å². The quantitative estimate of drug-likeness (QED) is 0.896. The molecule has 0 bridgehead atoms. The van der Waals surface area contributed by atoms with Crippen molar-refractivity contribution in [3.63, 3.8) is 0 Å². The van der Waals surface area contributed by atoms with E-state index in [4.69, 9.17) is 0 Å². The molecule has 1 heterocycles. The van der Waals surface area contributed by atoms with Crippen molar-refractivity contribution in [2.75, 3.05) is 27.2 Å². The van der Waals surface area contributed by atoms with Crippen molar-refractivity contribution in [1.82, 2.24) is 20.0 Å². The molecule has 16 heavy (non-hydrogen) atoms. The van der Waals surface area contributed by atoms with Gasteiger partial charge in [-0.3, -0.25) is 9.58 Å². The lowest BCUT2D eigenvalue weighted by molar-refractivity contribution is 0.318. The lowest BCUT2D eigenvalue weighted by atomic mass is 10.3. The van der Waals surface area contributed by atoms with Crippen molar-refractivity contribution >= 4 is 28.3 Å². The highest BCUT2D eigenvalue weighted by Gasteiger charge is 2.11. The van der Waals surface area contributed by atoms with E-state index in [1.807, 2.05) is 25.7 Å². The third-order valence-electron chi connectivity index (χ3n) is 2.42. The summed E-state index contributed by atoms with van der Waals surface area (Å²) in [4.78, 5) is 2.28. The molecule has 1 aromatic rings.